The quantitative estimate of drug-likeness (QED) is 0.745. The Labute approximate surface area is 110 Å². The number of aliphatic hydroxyl groups is 2. The monoisotopic (exact) mass is 277 g/mol. The summed E-state index contributed by atoms with van der Waals surface area (Å²) in [6.45, 7) is 0.564. The first kappa shape index (κ1) is 15.9. The highest BCUT2D eigenvalue weighted by molar-refractivity contribution is 5.19. The average Bonchev–Trinajstić information content (AvgIpc) is 2.37. The van der Waals surface area contributed by atoms with Crippen LogP contribution in [0.4, 0.5) is 13.2 Å². The van der Waals surface area contributed by atoms with E-state index in [4.69, 9.17) is 0 Å². The molecule has 0 aliphatic heterocycles. The van der Waals surface area contributed by atoms with Crippen LogP contribution in [0.5, 0.6) is 0 Å². The van der Waals surface area contributed by atoms with Crippen molar-refractivity contribution in [2.75, 3.05) is 13.2 Å². The molecule has 3 nitrogen and oxygen atoms in total. The molecule has 0 aromatic heterocycles. The van der Waals surface area contributed by atoms with Gasteiger partial charge < -0.3 is 15.5 Å². The van der Waals surface area contributed by atoms with Crippen molar-refractivity contribution >= 4 is 0 Å². The van der Waals surface area contributed by atoms with Crippen LogP contribution in [-0.4, -0.2) is 35.1 Å². The van der Waals surface area contributed by atoms with Crippen LogP contribution in [0.15, 0.2) is 30.3 Å². The van der Waals surface area contributed by atoms with Crippen LogP contribution in [-0.2, 0) is 0 Å². The van der Waals surface area contributed by atoms with Gasteiger partial charge in [0, 0.05) is 6.04 Å². The molecule has 1 aromatic carbocycles. The number of rotatable bonds is 6. The molecule has 1 aromatic rings. The predicted octanol–water partition coefficient (Wildman–Crippen LogP) is 2.01. The Hall–Kier alpha value is -1.11. The number of alkyl halides is 3. The zero-order valence-electron chi connectivity index (χ0n) is 10.6. The average molecular weight is 277 g/mol. The standard InChI is InChI=1S/C13H18F3NO2/c1-12(8-18,9-19)17-11(7-13(14,15)16)10-5-3-2-4-6-10/h2-6,11,17-19H,7-9H2,1H3. The van der Waals surface area contributed by atoms with Crippen molar-refractivity contribution in [3.63, 3.8) is 0 Å². The number of hydrogen-bond donors (Lipinski definition) is 3. The van der Waals surface area contributed by atoms with E-state index >= 15 is 0 Å². The summed E-state index contributed by atoms with van der Waals surface area (Å²) in [6.07, 6.45) is -5.40. The first-order chi connectivity index (χ1) is 8.79. The molecule has 0 heterocycles. The molecule has 1 rings (SSSR count). The lowest BCUT2D eigenvalue weighted by molar-refractivity contribution is -0.142. The van der Waals surface area contributed by atoms with Crippen molar-refractivity contribution in [2.45, 2.75) is 31.1 Å². The van der Waals surface area contributed by atoms with Gasteiger partial charge in [0.2, 0.25) is 0 Å². The Kier molecular flexibility index (Phi) is 5.34. The van der Waals surface area contributed by atoms with Crippen LogP contribution in [0.3, 0.4) is 0 Å². The topological polar surface area (TPSA) is 52.5 Å². The third-order valence-electron chi connectivity index (χ3n) is 2.86. The minimum absolute atomic E-state index is 0.454. The highest BCUT2D eigenvalue weighted by atomic mass is 19.4. The van der Waals surface area contributed by atoms with E-state index in [2.05, 4.69) is 5.32 Å². The molecule has 1 unspecified atom stereocenters. The summed E-state index contributed by atoms with van der Waals surface area (Å²) in [4.78, 5) is 0. The van der Waals surface area contributed by atoms with Crippen LogP contribution in [0.2, 0.25) is 0 Å². The van der Waals surface area contributed by atoms with Crippen molar-refractivity contribution < 1.29 is 23.4 Å². The molecule has 0 spiro atoms. The fraction of sp³-hybridized carbons (Fsp3) is 0.538. The zero-order valence-corrected chi connectivity index (χ0v) is 10.6. The molecule has 108 valence electrons. The first-order valence-corrected chi connectivity index (χ1v) is 5.91. The van der Waals surface area contributed by atoms with Crippen molar-refractivity contribution in [3.05, 3.63) is 35.9 Å². The maximum absolute atomic E-state index is 12.6. The molecule has 19 heavy (non-hydrogen) atoms. The van der Waals surface area contributed by atoms with Crippen LogP contribution in [0.1, 0.15) is 24.9 Å². The number of aliphatic hydroxyl groups excluding tert-OH is 2. The van der Waals surface area contributed by atoms with Gasteiger partial charge in [0.05, 0.1) is 25.2 Å². The Balaban J connectivity index is 2.94. The normalized spacial score (nSPS) is 14.4. The maximum atomic E-state index is 12.6. The van der Waals surface area contributed by atoms with E-state index in [0.29, 0.717) is 5.56 Å². The fourth-order valence-corrected chi connectivity index (χ4v) is 1.73. The summed E-state index contributed by atoms with van der Waals surface area (Å²) in [5.41, 5.74) is -0.695. The van der Waals surface area contributed by atoms with E-state index < -0.39 is 37.4 Å². The van der Waals surface area contributed by atoms with E-state index in [1.807, 2.05) is 0 Å². The highest BCUT2D eigenvalue weighted by Crippen LogP contribution is 2.30. The van der Waals surface area contributed by atoms with Gasteiger partial charge in [0.1, 0.15) is 0 Å². The fourth-order valence-electron chi connectivity index (χ4n) is 1.73. The van der Waals surface area contributed by atoms with Gasteiger partial charge in [-0.3, -0.25) is 0 Å². The minimum Gasteiger partial charge on any atom is -0.394 e. The maximum Gasteiger partial charge on any atom is 0.390 e. The summed E-state index contributed by atoms with van der Waals surface area (Å²) in [5, 5.41) is 21.0. The molecule has 0 radical (unpaired) electrons. The second-order valence-corrected chi connectivity index (χ2v) is 4.80. The molecular weight excluding hydrogens is 259 g/mol. The molecule has 0 amide bonds. The Morgan fingerprint density at radius 1 is 1.11 bits per heavy atom. The van der Waals surface area contributed by atoms with Gasteiger partial charge in [-0.25, -0.2) is 0 Å². The minimum atomic E-state index is -4.33. The van der Waals surface area contributed by atoms with E-state index in [-0.39, 0.29) is 0 Å². The third kappa shape index (κ3) is 5.18. The summed E-state index contributed by atoms with van der Waals surface area (Å²) >= 11 is 0. The Morgan fingerprint density at radius 2 is 1.63 bits per heavy atom. The molecular formula is C13H18F3NO2. The van der Waals surface area contributed by atoms with Crippen LogP contribution in [0.25, 0.3) is 0 Å². The molecule has 0 fully saturated rings. The number of hydrogen-bond acceptors (Lipinski definition) is 3. The van der Waals surface area contributed by atoms with Gasteiger partial charge in [-0.15, -0.1) is 0 Å². The summed E-state index contributed by atoms with van der Waals surface area (Å²) in [5.74, 6) is 0. The van der Waals surface area contributed by atoms with Gasteiger partial charge in [0.25, 0.3) is 0 Å². The first-order valence-electron chi connectivity index (χ1n) is 5.91. The second kappa shape index (κ2) is 6.36. The van der Waals surface area contributed by atoms with E-state index in [1.165, 1.54) is 6.92 Å². The SMILES string of the molecule is CC(CO)(CO)NC(CC(F)(F)F)c1ccccc1. The van der Waals surface area contributed by atoms with Gasteiger partial charge >= 0.3 is 6.18 Å². The second-order valence-electron chi connectivity index (χ2n) is 4.80. The molecule has 1 atom stereocenters. The van der Waals surface area contributed by atoms with Gasteiger partial charge in [0.15, 0.2) is 0 Å². The van der Waals surface area contributed by atoms with Gasteiger partial charge in [-0.05, 0) is 12.5 Å². The molecule has 6 heteroatoms. The molecule has 0 aliphatic rings. The lowest BCUT2D eigenvalue weighted by Crippen LogP contribution is -2.51. The number of benzene rings is 1. The van der Waals surface area contributed by atoms with Gasteiger partial charge in [-0.2, -0.15) is 13.2 Å². The van der Waals surface area contributed by atoms with Gasteiger partial charge in [-0.1, -0.05) is 30.3 Å². The molecule has 0 saturated heterocycles. The largest absolute Gasteiger partial charge is 0.394 e. The van der Waals surface area contributed by atoms with Crippen molar-refractivity contribution in [1.82, 2.24) is 5.32 Å². The molecule has 0 bridgehead atoms. The van der Waals surface area contributed by atoms with Crippen molar-refractivity contribution in [2.24, 2.45) is 0 Å². The number of nitrogens with one attached hydrogen (secondary N) is 1. The Bertz CT molecular complexity index is 377. The third-order valence-corrected chi connectivity index (χ3v) is 2.86. The van der Waals surface area contributed by atoms with Crippen LogP contribution < -0.4 is 5.32 Å². The molecule has 0 saturated carbocycles. The summed E-state index contributed by atoms with van der Waals surface area (Å²) in [6, 6.07) is 7.17. The van der Waals surface area contributed by atoms with E-state index in [9.17, 15) is 23.4 Å². The van der Waals surface area contributed by atoms with Crippen LogP contribution in [0, 0.1) is 0 Å². The predicted molar refractivity (Wildman–Crippen MR) is 65.6 cm³/mol. The summed E-state index contributed by atoms with van der Waals surface area (Å²) in [7, 11) is 0. The van der Waals surface area contributed by atoms with Crippen molar-refractivity contribution in [1.29, 1.82) is 0 Å². The number of halogens is 3. The summed E-state index contributed by atoms with van der Waals surface area (Å²) < 4.78 is 37.8. The molecule has 0 aliphatic carbocycles. The zero-order chi connectivity index (χ0) is 14.5. The Morgan fingerprint density at radius 3 is 2.05 bits per heavy atom. The van der Waals surface area contributed by atoms with Crippen molar-refractivity contribution in [3.8, 4) is 0 Å². The lowest BCUT2D eigenvalue weighted by Gasteiger charge is -2.32. The van der Waals surface area contributed by atoms with Crippen LogP contribution >= 0.6 is 0 Å². The van der Waals surface area contributed by atoms with E-state index in [1.54, 1.807) is 30.3 Å². The smallest absolute Gasteiger partial charge is 0.390 e. The molecule has 3 N–H and O–H groups in total. The van der Waals surface area contributed by atoms with E-state index in [0.717, 1.165) is 0 Å². The lowest BCUT2D eigenvalue weighted by atomic mass is 9.97. The highest BCUT2D eigenvalue weighted by Gasteiger charge is 2.36.